The Morgan fingerprint density at radius 3 is 2.76 bits per heavy atom. The zero-order chi connectivity index (χ0) is 12.5. The molecule has 1 unspecified atom stereocenters. The molecule has 1 saturated heterocycles. The van der Waals surface area contributed by atoms with Crippen LogP contribution in [0.5, 0.6) is 0 Å². The van der Waals surface area contributed by atoms with Crippen LogP contribution in [-0.2, 0) is 10.3 Å². The highest BCUT2D eigenvalue weighted by atomic mass is 32.1. The van der Waals surface area contributed by atoms with Gasteiger partial charge in [-0.05, 0) is 6.92 Å². The van der Waals surface area contributed by atoms with Crippen LogP contribution in [0.25, 0.3) is 0 Å². The second kappa shape index (κ2) is 4.83. The third-order valence-corrected chi connectivity index (χ3v) is 4.07. The molecule has 0 aliphatic carbocycles. The number of anilines is 1. The van der Waals surface area contributed by atoms with Gasteiger partial charge in [0.25, 0.3) is 6.43 Å². The van der Waals surface area contributed by atoms with Crippen LogP contribution in [0, 0.1) is 0 Å². The van der Waals surface area contributed by atoms with Gasteiger partial charge in [-0.25, -0.2) is 13.8 Å². The summed E-state index contributed by atoms with van der Waals surface area (Å²) in [5.74, 6) is 0. The quantitative estimate of drug-likeness (QED) is 0.896. The molecule has 0 spiro atoms. The van der Waals surface area contributed by atoms with E-state index in [1.807, 2.05) is 4.90 Å². The molecule has 1 aliphatic heterocycles. The number of nitrogens with zero attached hydrogens (tertiary/aromatic N) is 2. The molecule has 0 aromatic carbocycles. The smallest absolute Gasteiger partial charge is 0.260 e. The number of hydrogen-bond donors (Lipinski definition) is 1. The van der Waals surface area contributed by atoms with Crippen LogP contribution in [0.3, 0.4) is 0 Å². The van der Waals surface area contributed by atoms with Crippen molar-refractivity contribution in [2.24, 2.45) is 5.73 Å². The van der Waals surface area contributed by atoms with Crippen molar-refractivity contribution in [2.45, 2.75) is 18.9 Å². The first-order valence-corrected chi connectivity index (χ1v) is 6.19. The first kappa shape index (κ1) is 12.7. The van der Waals surface area contributed by atoms with Crippen molar-refractivity contribution >= 4 is 16.5 Å². The molecule has 0 radical (unpaired) electrons. The molecule has 0 saturated carbocycles. The van der Waals surface area contributed by atoms with Crippen molar-refractivity contribution in [3.8, 4) is 0 Å². The summed E-state index contributed by atoms with van der Waals surface area (Å²) in [5.41, 5.74) is 3.98. The molecule has 1 aliphatic rings. The number of thiazole rings is 1. The minimum Gasteiger partial charge on any atom is -0.378 e. The lowest BCUT2D eigenvalue weighted by atomic mass is 10.0. The Bertz CT molecular complexity index is 377. The first-order valence-electron chi connectivity index (χ1n) is 5.38. The Morgan fingerprint density at radius 1 is 1.53 bits per heavy atom. The third kappa shape index (κ3) is 2.56. The molecule has 2 heterocycles. The molecule has 7 heteroatoms. The average molecular weight is 263 g/mol. The number of aromatic nitrogens is 1. The fourth-order valence-electron chi connectivity index (χ4n) is 1.52. The van der Waals surface area contributed by atoms with Gasteiger partial charge in [-0.15, -0.1) is 0 Å². The molecule has 2 N–H and O–H groups in total. The molecule has 4 nitrogen and oxygen atoms in total. The summed E-state index contributed by atoms with van der Waals surface area (Å²) in [6.07, 6.45) is -1.15. The van der Waals surface area contributed by atoms with E-state index in [4.69, 9.17) is 10.5 Å². The number of ether oxygens (including phenoxy) is 1. The molecule has 96 valence electrons. The number of morpholine rings is 1. The van der Waals surface area contributed by atoms with E-state index < -0.39 is 12.0 Å². The summed E-state index contributed by atoms with van der Waals surface area (Å²) in [4.78, 5) is 6.60. The van der Waals surface area contributed by atoms with E-state index in [0.717, 1.165) is 18.2 Å². The molecule has 0 amide bonds. The Morgan fingerprint density at radius 2 is 2.18 bits per heavy atom. The van der Waals surface area contributed by atoms with Crippen molar-refractivity contribution in [2.75, 3.05) is 31.2 Å². The zero-order valence-electron chi connectivity index (χ0n) is 9.53. The van der Waals surface area contributed by atoms with E-state index in [-0.39, 0.29) is 0 Å². The van der Waals surface area contributed by atoms with Gasteiger partial charge in [-0.2, -0.15) is 0 Å². The van der Waals surface area contributed by atoms with Gasteiger partial charge in [-0.3, -0.25) is 0 Å². The monoisotopic (exact) mass is 263 g/mol. The van der Waals surface area contributed by atoms with Crippen LogP contribution in [0.2, 0.25) is 0 Å². The van der Waals surface area contributed by atoms with Crippen molar-refractivity contribution in [3.05, 3.63) is 11.1 Å². The van der Waals surface area contributed by atoms with Gasteiger partial charge in [0.2, 0.25) is 0 Å². The summed E-state index contributed by atoms with van der Waals surface area (Å²) >= 11 is 1.23. The Hall–Kier alpha value is -0.790. The molecule has 0 bridgehead atoms. The van der Waals surface area contributed by atoms with Crippen LogP contribution in [0.15, 0.2) is 6.20 Å². The lowest BCUT2D eigenvalue weighted by Gasteiger charge is -2.26. The highest BCUT2D eigenvalue weighted by Crippen LogP contribution is 2.33. The van der Waals surface area contributed by atoms with Gasteiger partial charge >= 0.3 is 0 Å². The maximum Gasteiger partial charge on any atom is 0.260 e. The van der Waals surface area contributed by atoms with Crippen LogP contribution in [0.4, 0.5) is 13.9 Å². The molecular formula is C10H15F2N3OS. The fourth-order valence-corrected chi connectivity index (χ4v) is 2.55. The fraction of sp³-hybridized carbons (Fsp3) is 0.700. The van der Waals surface area contributed by atoms with E-state index in [9.17, 15) is 8.78 Å². The zero-order valence-corrected chi connectivity index (χ0v) is 10.3. The van der Waals surface area contributed by atoms with Crippen molar-refractivity contribution in [3.63, 3.8) is 0 Å². The summed E-state index contributed by atoms with van der Waals surface area (Å²) in [5, 5.41) is 0.737. The van der Waals surface area contributed by atoms with E-state index >= 15 is 0 Å². The third-order valence-electron chi connectivity index (χ3n) is 2.76. The van der Waals surface area contributed by atoms with Crippen LogP contribution in [0.1, 0.15) is 11.8 Å². The number of hydrogen-bond acceptors (Lipinski definition) is 5. The van der Waals surface area contributed by atoms with E-state index in [2.05, 4.69) is 4.98 Å². The topological polar surface area (TPSA) is 51.4 Å². The summed E-state index contributed by atoms with van der Waals surface area (Å²) in [6, 6.07) is 0. The predicted molar refractivity (Wildman–Crippen MR) is 62.7 cm³/mol. The lowest BCUT2D eigenvalue weighted by Crippen LogP contribution is -2.39. The van der Waals surface area contributed by atoms with Crippen LogP contribution >= 0.6 is 11.3 Å². The molecule has 1 atom stereocenters. The second-order valence-corrected chi connectivity index (χ2v) is 5.20. The standard InChI is InChI=1S/C10H15F2N3OS/c1-10(13,8(11)12)7-6-14-9(17-7)15-2-4-16-5-3-15/h6,8H,2-5,13H2,1H3. The van der Waals surface area contributed by atoms with Crippen molar-refractivity contribution in [1.29, 1.82) is 0 Å². The maximum atomic E-state index is 12.8. The second-order valence-electron chi connectivity index (χ2n) is 4.19. The average Bonchev–Trinajstić information content (AvgIpc) is 2.80. The molecule has 2 rings (SSSR count). The highest BCUT2D eigenvalue weighted by Gasteiger charge is 2.35. The number of rotatable bonds is 3. The molecule has 1 fully saturated rings. The van der Waals surface area contributed by atoms with E-state index in [0.29, 0.717) is 18.1 Å². The SMILES string of the molecule is CC(N)(c1cnc(N2CCOCC2)s1)C(F)F. The largest absolute Gasteiger partial charge is 0.378 e. The molecule has 1 aromatic heterocycles. The van der Waals surface area contributed by atoms with E-state index in [1.165, 1.54) is 24.5 Å². The molecule has 17 heavy (non-hydrogen) atoms. The van der Waals surface area contributed by atoms with Gasteiger partial charge in [0.15, 0.2) is 5.13 Å². The van der Waals surface area contributed by atoms with Crippen LogP contribution in [-0.4, -0.2) is 37.7 Å². The minimum absolute atomic E-state index is 0.411. The number of alkyl halides is 2. The van der Waals surface area contributed by atoms with Crippen LogP contribution < -0.4 is 10.6 Å². The normalized spacial score (nSPS) is 20.6. The lowest BCUT2D eigenvalue weighted by molar-refractivity contribution is 0.0643. The predicted octanol–water partition coefficient (Wildman–Crippen LogP) is 1.42. The Kier molecular flexibility index (Phi) is 3.60. The van der Waals surface area contributed by atoms with Crippen molar-refractivity contribution < 1.29 is 13.5 Å². The summed E-state index contributed by atoms with van der Waals surface area (Å²) in [6.45, 7) is 4.09. The van der Waals surface area contributed by atoms with Gasteiger partial charge in [0.05, 0.1) is 18.1 Å². The number of nitrogens with two attached hydrogens (primary N) is 1. The maximum absolute atomic E-state index is 12.8. The highest BCUT2D eigenvalue weighted by molar-refractivity contribution is 7.15. The minimum atomic E-state index is -2.60. The van der Waals surface area contributed by atoms with Gasteiger partial charge in [-0.1, -0.05) is 11.3 Å². The van der Waals surface area contributed by atoms with Gasteiger partial charge in [0, 0.05) is 19.3 Å². The van der Waals surface area contributed by atoms with E-state index in [1.54, 1.807) is 0 Å². The Labute approximate surface area is 102 Å². The molecule has 1 aromatic rings. The van der Waals surface area contributed by atoms with Gasteiger partial charge < -0.3 is 15.4 Å². The summed E-state index contributed by atoms with van der Waals surface area (Å²) in [7, 11) is 0. The van der Waals surface area contributed by atoms with Crippen molar-refractivity contribution in [1.82, 2.24) is 4.98 Å². The van der Waals surface area contributed by atoms with Gasteiger partial charge in [0.1, 0.15) is 5.54 Å². The molecular weight excluding hydrogens is 248 g/mol. The first-order chi connectivity index (χ1) is 8.01. The number of halogens is 2. The summed E-state index contributed by atoms with van der Waals surface area (Å²) < 4.78 is 30.8. The Balaban J connectivity index is 2.15.